The van der Waals surface area contributed by atoms with E-state index in [9.17, 15) is 9.18 Å². The van der Waals surface area contributed by atoms with Gasteiger partial charge in [-0.2, -0.15) is 5.10 Å². The van der Waals surface area contributed by atoms with E-state index in [0.29, 0.717) is 5.82 Å². The van der Waals surface area contributed by atoms with Crippen molar-refractivity contribution in [2.45, 2.75) is 6.92 Å². The Morgan fingerprint density at radius 1 is 1.48 bits per heavy atom. The Balaban J connectivity index is 2.20. The van der Waals surface area contributed by atoms with Crippen molar-refractivity contribution in [2.75, 3.05) is 11.9 Å². The lowest BCUT2D eigenvalue weighted by atomic mass is 10.1. The van der Waals surface area contributed by atoms with E-state index in [1.165, 1.54) is 16.8 Å². The number of aryl methyl sites for hydroxylation is 2. The molecule has 0 aliphatic rings. The third-order valence-electron chi connectivity index (χ3n) is 2.78. The third-order valence-corrected chi connectivity index (χ3v) is 2.78. The van der Waals surface area contributed by atoms with E-state index in [2.05, 4.69) is 22.3 Å². The predicted molar refractivity (Wildman–Crippen MR) is 76.3 cm³/mol. The average Bonchev–Trinajstić information content (AvgIpc) is 2.75. The van der Waals surface area contributed by atoms with Crippen LogP contribution in [0.2, 0.25) is 0 Å². The fourth-order valence-corrected chi connectivity index (χ4v) is 1.81. The minimum atomic E-state index is -0.607. The summed E-state index contributed by atoms with van der Waals surface area (Å²) in [7, 11) is 1.71. The first kappa shape index (κ1) is 14.8. The SMILES string of the molecule is Cc1cc(NC(=O)c2ccc(C#CCO)c(F)c2)n(C)n1. The lowest BCUT2D eigenvalue weighted by molar-refractivity contribution is 0.102. The van der Waals surface area contributed by atoms with Gasteiger partial charge < -0.3 is 10.4 Å². The zero-order valence-corrected chi connectivity index (χ0v) is 11.6. The molecule has 1 aromatic heterocycles. The van der Waals surface area contributed by atoms with Gasteiger partial charge in [-0.05, 0) is 25.1 Å². The van der Waals surface area contributed by atoms with Gasteiger partial charge in [0, 0.05) is 18.7 Å². The highest BCUT2D eigenvalue weighted by Crippen LogP contribution is 2.13. The molecule has 5 nitrogen and oxygen atoms in total. The van der Waals surface area contributed by atoms with Gasteiger partial charge in [0.25, 0.3) is 5.91 Å². The Bertz CT molecular complexity index is 741. The summed E-state index contributed by atoms with van der Waals surface area (Å²) < 4.78 is 15.3. The van der Waals surface area contributed by atoms with Crippen LogP contribution in [0.1, 0.15) is 21.6 Å². The smallest absolute Gasteiger partial charge is 0.256 e. The van der Waals surface area contributed by atoms with Crippen molar-refractivity contribution in [3.8, 4) is 11.8 Å². The molecule has 108 valence electrons. The molecule has 21 heavy (non-hydrogen) atoms. The molecule has 0 aliphatic heterocycles. The molecule has 0 unspecified atom stereocenters. The molecule has 6 heteroatoms. The molecule has 0 fully saturated rings. The van der Waals surface area contributed by atoms with Gasteiger partial charge in [0.2, 0.25) is 0 Å². The molecular weight excluding hydrogens is 273 g/mol. The van der Waals surface area contributed by atoms with E-state index < -0.39 is 11.7 Å². The first-order chi connectivity index (χ1) is 10.0. The molecule has 1 amide bonds. The lowest BCUT2D eigenvalue weighted by Crippen LogP contribution is -2.14. The molecule has 2 aromatic rings. The molecule has 0 bridgehead atoms. The Hall–Kier alpha value is -2.65. The Labute approximate surface area is 121 Å². The van der Waals surface area contributed by atoms with Crippen LogP contribution in [0.25, 0.3) is 0 Å². The second-order valence-corrected chi connectivity index (χ2v) is 4.40. The minimum absolute atomic E-state index is 0.136. The van der Waals surface area contributed by atoms with Gasteiger partial charge in [-0.3, -0.25) is 9.48 Å². The summed E-state index contributed by atoms with van der Waals surface area (Å²) in [6, 6.07) is 5.71. The highest BCUT2D eigenvalue weighted by Gasteiger charge is 2.11. The largest absolute Gasteiger partial charge is 0.384 e. The summed E-state index contributed by atoms with van der Waals surface area (Å²) in [4.78, 5) is 12.1. The number of halogens is 1. The molecule has 0 atom stereocenters. The summed E-state index contributed by atoms with van der Waals surface area (Å²) in [6.45, 7) is 1.46. The van der Waals surface area contributed by atoms with Crippen LogP contribution >= 0.6 is 0 Å². The summed E-state index contributed by atoms with van der Waals surface area (Å²) >= 11 is 0. The number of aromatic nitrogens is 2. The van der Waals surface area contributed by atoms with E-state index >= 15 is 0 Å². The monoisotopic (exact) mass is 287 g/mol. The number of amides is 1. The number of aliphatic hydroxyl groups excluding tert-OH is 1. The first-order valence-electron chi connectivity index (χ1n) is 6.22. The van der Waals surface area contributed by atoms with Crippen LogP contribution in [0.15, 0.2) is 24.3 Å². The number of rotatable bonds is 2. The van der Waals surface area contributed by atoms with Crippen LogP contribution in [0, 0.1) is 24.6 Å². The number of aliphatic hydroxyl groups is 1. The van der Waals surface area contributed by atoms with E-state index in [0.717, 1.165) is 11.8 Å². The number of carbonyl (C=O) groups is 1. The second-order valence-electron chi connectivity index (χ2n) is 4.40. The summed E-state index contributed by atoms with van der Waals surface area (Å²) in [6.07, 6.45) is 0. The van der Waals surface area contributed by atoms with Crippen LogP contribution in [-0.2, 0) is 7.05 Å². The van der Waals surface area contributed by atoms with Crippen LogP contribution in [0.3, 0.4) is 0 Å². The van der Waals surface area contributed by atoms with E-state index in [4.69, 9.17) is 5.11 Å². The zero-order chi connectivity index (χ0) is 15.4. The molecule has 1 aromatic carbocycles. The number of anilines is 1. The topological polar surface area (TPSA) is 67.2 Å². The van der Waals surface area contributed by atoms with E-state index in [1.54, 1.807) is 13.1 Å². The van der Waals surface area contributed by atoms with Gasteiger partial charge in [-0.15, -0.1) is 0 Å². The van der Waals surface area contributed by atoms with Gasteiger partial charge in [0.1, 0.15) is 18.2 Å². The predicted octanol–water partition coefficient (Wildman–Crippen LogP) is 1.46. The van der Waals surface area contributed by atoms with Crippen LogP contribution in [0.4, 0.5) is 10.2 Å². The number of nitrogens with zero attached hydrogens (tertiary/aromatic N) is 2. The molecule has 0 aliphatic carbocycles. The average molecular weight is 287 g/mol. The molecule has 2 rings (SSSR count). The number of nitrogens with one attached hydrogen (secondary N) is 1. The van der Waals surface area contributed by atoms with Crippen LogP contribution in [0.5, 0.6) is 0 Å². The fourth-order valence-electron chi connectivity index (χ4n) is 1.81. The van der Waals surface area contributed by atoms with Crippen molar-refractivity contribution in [2.24, 2.45) is 7.05 Å². The Morgan fingerprint density at radius 2 is 2.24 bits per heavy atom. The molecule has 0 radical (unpaired) electrons. The summed E-state index contributed by atoms with van der Waals surface area (Å²) in [5.74, 6) is 4.32. The number of hydrogen-bond donors (Lipinski definition) is 2. The Morgan fingerprint density at radius 3 is 2.81 bits per heavy atom. The highest BCUT2D eigenvalue weighted by atomic mass is 19.1. The van der Waals surface area contributed by atoms with Crippen molar-refractivity contribution in [1.29, 1.82) is 0 Å². The van der Waals surface area contributed by atoms with Gasteiger partial charge in [0.15, 0.2) is 0 Å². The number of hydrogen-bond acceptors (Lipinski definition) is 3. The van der Waals surface area contributed by atoms with Gasteiger partial charge in [-0.1, -0.05) is 11.8 Å². The van der Waals surface area contributed by atoms with Crippen molar-refractivity contribution in [1.82, 2.24) is 9.78 Å². The molecule has 0 saturated carbocycles. The third kappa shape index (κ3) is 3.46. The normalized spacial score (nSPS) is 9.90. The molecule has 2 N–H and O–H groups in total. The zero-order valence-electron chi connectivity index (χ0n) is 11.6. The fraction of sp³-hybridized carbons (Fsp3) is 0.200. The van der Waals surface area contributed by atoms with Crippen molar-refractivity contribution in [3.63, 3.8) is 0 Å². The van der Waals surface area contributed by atoms with Crippen molar-refractivity contribution in [3.05, 3.63) is 46.9 Å². The highest BCUT2D eigenvalue weighted by molar-refractivity contribution is 6.03. The maximum absolute atomic E-state index is 13.8. The summed E-state index contributed by atoms with van der Waals surface area (Å²) in [5, 5.41) is 15.4. The second kappa shape index (κ2) is 6.20. The van der Waals surface area contributed by atoms with E-state index in [-0.39, 0.29) is 17.7 Å². The van der Waals surface area contributed by atoms with Gasteiger partial charge in [-0.25, -0.2) is 4.39 Å². The lowest BCUT2D eigenvalue weighted by Gasteiger charge is -2.05. The maximum atomic E-state index is 13.8. The molecule has 1 heterocycles. The quantitative estimate of drug-likeness (QED) is 0.822. The van der Waals surface area contributed by atoms with Crippen molar-refractivity contribution >= 4 is 11.7 Å². The molecule has 0 saturated heterocycles. The molecule has 0 spiro atoms. The van der Waals surface area contributed by atoms with Crippen LogP contribution < -0.4 is 5.32 Å². The number of benzene rings is 1. The van der Waals surface area contributed by atoms with E-state index in [1.807, 2.05) is 6.92 Å². The Kier molecular flexibility index (Phi) is 4.36. The van der Waals surface area contributed by atoms with Gasteiger partial charge in [0.05, 0.1) is 11.3 Å². The standard InChI is InChI=1S/C15H14FN3O2/c1-10-8-14(19(2)18-10)17-15(21)12-6-5-11(4-3-7-20)13(16)9-12/h5-6,8-9,20H,7H2,1-2H3,(H,17,21). The van der Waals surface area contributed by atoms with Gasteiger partial charge >= 0.3 is 0 Å². The summed E-state index contributed by atoms with van der Waals surface area (Å²) in [5.41, 5.74) is 1.09. The minimum Gasteiger partial charge on any atom is -0.384 e. The first-order valence-corrected chi connectivity index (χ1v) is 6.22. The number of carbonyl (C=O) groups excluding carboxylic acids is 1. The van der Waals surface area contributed by atoms with Crippen LogP contribution in [-0.4, -0.2) is 27.4 Å². The maximum Gasteiger partial charge on any atom is 0.256 e. The molecular formula is C15H14FN3O2. The van der Waals surface area contributed by atoms with Crippen molar-refractivity contribution < 1.29 is 14.3 Å².